The largest absolute Gasteiger partial charge is 0.394 e. The fourth-order valence-corrected chi connectivity index (χ4v) is 3.57. The van der Waals surface area contributed by atoms with Gasteiger partial charge in [0.2, 0.25) is 0 Å². The van der Waals surface area contributed by atoms with Gasteiger partial charge in [-0.2, -0.15) is 0 Å². The standard InChI is InChI=1S/C20H19FN6O2/c1-22-13-5-11(4-12(21)6-13)16-7-15-18-17(24-10-26(18)3)19(23-2)25-20(15)27(16)8-14(29)9-28/h4-7,10,14,28-29H,8-9H2,2-3H3,(H,23,25)/t14-/m1/s1. The van der Waals surface area contributed by atoms with Crippen LogP contribution in [0.5, 0.6) is 0 Å². The topological polar surface area (TPSA) is 92.5 Å². The fourth-order valence-electron chi connectivity index (χ4n) is 3.57. The number of pyridine rings is 1. The van der Waals surface area contributed by atoms with Gasteiger partial charge in [-0.1, -0.05) is 0 Å². The van der Waals surface area contributed by atoms with Gasteiger partial charge in [0.15, 0.2) is 11.5 Å². The highest BCUT2D eigenvalue weighted by molar-refractivity contribution is 6.07. The first-order valence-electron chi connectivity index (χ1n) is 8.96. The molecular weight excluding hydrogens is 375 g/mol. The van der Waals surface area contributed by atoms with Crippen LogP contribution >= 0.6 is 0 Å². The van der Waals surface area contributed by atoms with E-state index < -0.39 is 18.5 Å². The van der Waals surface area contributed by atoms with Crippen LogP contribution in [0.1, 0.15) is 0 Å². The fraction of sp³-hybridized carbons (Fsp3) is 0.250. The van der Waals surface area contributed by atoms with Crippen LogP contribution in [0.3, 0.4) is 0 Å². The van der Waals surface area contributed by atoms with Crippen LogP contribution in [0.4, 0.5) is 15.9 Å². The van der Waals surface area contributed by atoms with E-state index in [9.17, 15) is 14.6 Å². The van der Waals surface area contributed by atoms with E-state index >= 15 is 0 Å². The molecule has 4 rings (SSSR count). The van der Waals surface area contributed by atoms with Gasteiger partial charge in [-0.15, -0.1) is 0 Å². The highest BCUT2D eigenvalue weighted by atomic mass is 19.1. The predicted octanol–water partition coefficient (Wildman–Crippen LogP) is 2.67. The summed E-state index contributed by atoms with van der Waals surface area (Å²) in [5.74, 6) is 0.0427. The number of anilines is 1. The number of benzene rings is 1. The lowest BCUT2D eigenvalue weighted by Gasteiger charge is -2.14. The maximum absolute atomic E-state index is 14.1. The van der Waals surface area contributed by atoms with Gasteiger partial charge in [-0.25, -0.2) is 19.2 Å². The smallest absolute Gasteiger partial charge is 0.190 e. The Balaban J connectivity index is 2.10. The zero-order valence-electron chi connectivity index (χ0n) is 15.9. The molecule has 0 saturated carbocycles. The molecule has 0 spiro atoms. The number of aryl methyl sites for hydroxylation is 1. The van der Waals surface area contributed by atoms with Crippen molar-refractivity contribution in [2.24, 2.45) is 7.05 Å². The molecule has 148 valence electrons. The zero-order valence-corrected chi connectivity index (χ0v) is 15.9. The maximum Gasteiger partial charge on any atom is 0.190 e. The maximum atomic E-state index is 14.1. The quantitative estimate of drug-likeness (QED) is 0.453. The summed E-state index contributed by atoms with van der Waals surface area (Å²) in [6, 6.07) is 5.94. The molecule has 0 saturated heterocycles. The number of imidazole rings is 1. The molecule has 1 aromatic carbocycles. The highest BCUT2D eigenvalue weighted by Gasteiger charge is 2.21. The Labute approximate surface area is 165 Å². The van der Waals surface area contributed by atoms with E-state index in [1.54, 1.807) is 24.0 Å². The van der Waals surface area contributed by atoms with E-state index in [0.29, 0.717) is 28.2 Å². The molecule has 0 unspecified atom stereocenters. The first-order valence-corrected chi connectivity index (χ1v) is 8.96. The van der Waals surface area contributed by atoms with Crippen LogP contribution in [0, 0.1) is 12.4 Å². The Kier molecular flexibility index (Phi) is 4.66. The molecule has 3 heterocycles. The minimum Gasteiger partial charge on any atom is -0.394 e. The van der Waals surface area contributed by atoms with E-state index in [2.05, 4.69) is 20.1 Å². The van der Waals surface area contributed by atoms with Crippen LogP contribution in [0.2, 0.25) is 0 Å². The average Bonchev–Trinajstić information content (AvgIpc) is 3.27. The molecule has 8 nitrogen and oxygen atoms in total. The average molecular weight is 394 g/mol. The van der Waals surface area contributed by atoms with Crippen molar-refractivity contribution in [3.05, 3.63) is 47.8 Å². The van der Waals surface area contributed by atoms with Crippen LogP contribution in [0.15, 0.2) is 30.6 Å². The molecule has 0 fully saturated rings. The number of aliphatic hydroxyl groups excluding tert-OH is 2. The van der Waals surface area contributed by atoms with Gasteiger partial charge in [0, 0.05) is 25.2 Å². The third-order valence-electron chi connectivity index (χ3n) is 4.85. The second kappa shape index (κ2) is 7.16. The molecule has 4 aromatic rings. The van der Waals surface area contributed by atoms with E-state index in [1.807, 2.05) is 17.7 Å². The first kappa shape index (κ1) is 18.9. The molecule has 0 amide bonds. The molecule has 0 aliphatic carbocycles. The summed E-state index contributed by atoms with van der Waals surface area (Å²) in [6.07, 6.45) is 0.658. The van der Waals surface area contributed by atoms with Crippen molar-refractivity contribution in [1.29, 1.82) is 0 Å². The van der Waals surface area contributed by atoms with Crippen LogP contribution in [0.25, 0.3) is 38.2 Å². The van der Waals surface area contributed by atoms with E-state index in [0.717, 1.165) is 10.9 Å². The third kappa shape index (κ3) is 3.08. The van der Waals surface area contributed by atoms with E-state index in [1.165, 1.54) is 12.1 Å². The second-order valence-corrected chi connectivity index (χ2v) is 6.79. The molecule has 9 heteroatoms. The Morgan fingerprint density at radius 2 is 2.10 bits per heavy atom. The molecule has 29 heavy (non-hydrogen) atoms. The molecule has 0 radical (unpaired) electrons. The van der Waals surface area contributed by atoms with Gasteiger partial charge in [0.05, 0.1) is 37.7 Å². The number of hydrogen-bond acceptors (Lipinski definition) is 5. The summed E-state index contributed by atoms with van der Waals surface area (Å²) in [5, 5.41) is 23.3. The summed E-state index contributed by atoms with van der Waals surface area (Å²) in [7, 11) is 3.61. The van der Waals surface area contributed by atoms with Gasteiger partial charge >= 0.3 is 0 Å². The summed E-state index contributed by atoms with van der Waals surface area (Å²) < 4.78 is 17.7. The third-order valence-corrected chi connectivity index (χ3v) is 4.85. The summed E-state index contributed by atoms with van der Waals surface area (Å²) in [5.41, 5.74) is 3.32. The first-order chi connectivity index (χ1) is 14.0. The van der Waals surface area contributed by atoms with Crippen LogP contribution in [-0.2, 0) is 13.6 Å². The van der Waals surface area contributed by atoms with Gasteiger partial charge < -0.3 is 24.7 Å². The zero-order chi connectivity index (χ0) is 20.7. The highest BCUT2D eigenvalue weighted by Crippen LogP contribution is 2.35. The van der Waals surface area contributed by atoms with Gasteiger partial charge in [-0.05, 0) is 29.8 Å². The number of nitrogens with zero attached hydrogens (tertiary/aromatic N) is 5. The summed E-state index contributed by atoms with van der Waals surface area (Å²) in [6.45, 7) is 6.84. The SMILES string of the molecule is [C-]#[N+]c1cc(F)cc(-c2cc3c4c(ncn4C)c(NC)nc3n2C[C@@H](O)CO)c1. The lowest BCUT2D eigenvalue weighted by atomic mass is 10.1. The summed E-state index contributed by atoms with van der Waals surface area (Å²) >= 11 is 0. The number of halogens is 1. The van der Waals surface area contributed by atoms with Crippen LogP contribution in [-0.4, -0.2) is 49.1 Å². The van der Waals surface area contributed by atoms with E-state index in [-0.39, 0.29) is 12.2 Å². The van der Waals surface area contributed by atoms with Crippen molar-refractivity contribution in [3.8, 4) is 11.3 Å². The van der Waals surface area contributed by atoms with Crippen molar-refractivity contribution in [1.82, 2.24) is 19.1 Å². The van der Waals surface area contributed by atoms with Gasteiger partial charge in [-0.3, -0.25) is 0 Å². The van der Waals surface area contributed by atoms with E-state index in [4.69, 9.17) is 6.57 Å². The predicted molar refractivity (Wildman–Crippen MR) is 108 cm³/mol. The molecule has 3 N–H and O–H groups in total. The van der Waals surface area contributed by atoms with Crippen molar-refractivity contribution >= 4 is 33.6 Å². The van der Waals surface area contributed by atoms with Crippen molar-refractivity contribution < 1.29 is 14.6 Å². The summed E-state index contributed by atoms with van der Waals surface area (Å²) in [4.78, 5) is 12.4. The molecular formula is C20H19FN6O2. The number of hydrogen-bond donors (Lipinski definition) is 3. The number of aliphatic hydroxyl groups is 2. The Hall–Kier alpha value is -3.48. The normalized spacial score (nSPS) is 12.4. The lowest BCUT2D eigenvalue weighted by Crippen LogP contribution is -2.20. The molecule has 0 aliphatic heterocycles. The Morgan fingerprint density at radius 3 is 2.79 bits per heavy atom. The lowest BCUT2D eigenvalue weighted by molar-refractivity contribution is 0.0824. The van der Waals surface area contributed by atoms with Crippen molar-refractivity contribution in [2.75, 3.05) is 19.0 Å². The monoisotopic (exact) mass is 394 g/mol. The Morgan fingerprint density at radius 1 is 1.31 bits per heavy atom. The molecule has 0 bridgehead atoms. The minimum absolute atomic E-state index is 0.0543. The van der Waals surface area contributed by atoms with Crippen LogP contribution < -0.4 is 5.32 Å². The number of aromatic nitrogens is 4. The van der Waals surface area contributed by atoms with Gasteiger partial charge in [0.1, 0.15) is 17.0 Å². The number of fused-ring (bicyclic) bond motifs is 3. The number of rotatable bonds is 5. The molecule has 1 atom stereocenters. The number of nitrogens with one attached hydrogen (secondary N) is 1. The second-order valence-electron chi connectivity index (χ2n) is 6.79. The van der Waals surface area contributed by atoms with Crippen molar-refractivity contribution in [2.45, 2.75) is 12.6 Å². The molecule has 0 aliphatic rings. The molecule has 3 aromatic heterocycles. The minimum atomic E-state index is -1.03. The van der Waals surface area contributed by atoms with Crippen molar-refractivity contribution in [3.63, 3.8) is 0 Å². The van der Waals surface area contributed by atoms with Gasteiger partial charge in [0.25, 0.3) is 0 Å². The Bertz CT molecular complexity index is 1270.